The number of nitrogens with zero attached hydrogens (tertiary/aromatic N) is 4. The summed E-state index contributed by atoms with van der Waals surface area (Å²) in [6.45, 7) is 0.689. The van der Waals surface area contributed by atoms with Crippen molar-refractivity contribution in [1.29, 1.82) is 0 Å². The Balaban J connectivity index is 1.13. The van der Waals surface area contributed by atoms with Gasteiger partial charge in [-0.05, 0) is 22.8 Å². The van der Waals surface area contributed by atoms with E-state index in [9.17, 15) is 4.79 Å². The van der Waals surface area contributed by atoms with Crippen molar-refractivity contribution >= 4 is 11.6 Å². The fourth-order valence-corrected chi connectivity index (χ4v) is 3.66. The van der Waals surface area contributed by atoms with Crippen molar-refractivity contribution in [1.82, 2.24) is 25.1 Å². The van der Waals surface area contributed by atoms with Crippen LogP contribution >= 0.6 is 0 Å². The molecule has 0 unspecified atom stereocenters. The van der Waals surface area contributed by atoms with Crippen LogP contribution in [-0.2, 0) is 11.2 Å². The minimum atomic E-state index is -0.0513. The van der Waals surface area contributed by atoms with E-state index >= 15 is 0 Å². The molecule has 0 atom stereocenters. The molecule has 0 radical (unpaired) electrons. The summed E-state index contributed by atoms with van der Waals surface area (Å²) in [5.41, 5.74) is 4.81. The maximum atomic E-state index is 12.3. The molecule has 2 heterocycles. The summed E-state index contributed by atoms with van der Waals surface area (Å²) >= 11 is 0. The fourth-order valence-electron chi connectivity index (χ4n) is 3.66. The summed E-state index contributed by atoms with van der Waals surface area (Å²) in [7, 11) is 0. The van der Waals surface area contributed by atoms with E-state index in [0.717, 1.165) is 22.3 Å². The second kappa shape index (κ2) is 9.95. The molecule has 5 aromatic rings. The lowest BCUT2D eigenvalue weighted by molar-refractivity contribution is -0.120. The Bertz CT molecular complexity index is 1380. The first-order valence-electron chi connectivity index (χ1n) is 11.1. The Morgan fingerprint density at radius 1 is 0.765 bits per heavy atom. The summed E-state index contributed by atoms with van der Waals surface area (Å²) in [4.78, 5) is 12.3. The largest absolute Gasteiger partial charge is 0.475 e. The maximum Gasteiger partial charge on any atom is 0.231 e. The van der Waals surface area contributed by atoms with Crippen LogP contribution in [-0.4, -0.2) is 38.9 Å². The first-order chi connectivity index (χ1) is 16.8. The highest BCUT2D eigenvalue weighted by molar-refractivity contribution is 5.78. The van der Waals surface area contributed by atoms with Crippen LogP contribution in [0.15, 0.2) is 97.1 Å². The molecular formula is C27H23N5O2. The van der Waals surface area contributed by atoms with Gasteiger partial charge in [0.25, 0.3) is 0 Å². The van der Waals surface area contributed by atoms with Gasteiger partial charge in [-0.2, -0.15) is 4.52 Å². The Kier molecular flexibility index (Phi) is 6.25. The summed E-state index contributed by atoms with van der Waals surface area (Å²) in [5.74, 6) is 1.03. The second-order valence-corrected chi connectivity index (χ2v) is 7.77. The molecule has 0 aliphatic carbocycles. The van der Waals surface area contributed by atoms with Gasteiger partial charge in [0.15, 0.2) is 11.5 Å². The van der Waals surface area contributed by atoms with E-state index in [4.69, 9.17) is 4.74 Å². The molecule has 1 N–H and O–H groups in total. The van der Waals surface area contributed by atoms with E-state index < -0.39 is 0 Å². The zero-order valence-corrected chi connectivity index (χ0v) is 18.5. The number of carbonyl (C=O) groups excluding carboxylic acids is 1. The predicted molar refractivity (Wildman–Crippen MR) is 130 cm³/mol. The average molecular weight is 450 g/mol. The Morgan fingerprint density at radius 3 is 2.18 bits per heavy atom. The molecule has 0 saturated carbocycles. The van der Waals surface area contributed by atoms with Gasteiger partial charge in [-0.15, -0.1) is 15.3 Å². The first-order valence-corrected chi connectivity index (χ1v) is 11.1. The predicted octanol–water partition coefficient (Wildman–Crippen LogP) is 4.20. The quantitative estimate of drug-likeness (QED) is 0.359. The third-order valence-corrected chi connectivity index (χ3v) is 5.37. The highest BCUT2D eigenvalue weighted by atomic mass is 16.5. The molecule has 168 valence electrons. The number of hydrogen-bond donors (Lipinski definition) is 1. The number of fused-ring (bicyclic) bond motifs is 1. The molecule has 0 bridgehead atoms. The fraction of sp³-hybridized carbons (Fsp3) is 0.111. The van der Waals surface area contributed by atoms with E-state index in [1.54, 1.807) is 16.6 Å². The van der Waals surface area contributed by atoms with Crippen LogP contribution < -0.4 is 10.1 Å². The van der Waals surface area contributed by atoms with Crippen LogP contribution in [0.4, 0.5) is 0 Å². The summed E-state index contributed by atoms with van der Waals surface area (Å²) in [6.07, 6.45) is 0.320. The Hall–Kier alpha value is -4.52. The minimum absolute atomic E-state index is 0.0513. The van der Waals surface area contributed by atoms with Gasteiger partial charge in [0.05, 0.1) is 13.0 Å². The maximum absolute atomic E-state index is 12.3. The smallest absolute Gasteiger partial charge is 0.231 e. The molecule has 2 aromatic heterocycles. The van der Waals surface area contributed by atoms with Crippen molar-refractivity contribution in [2.45, 2.75) is 6.42 Å². The molecule has 0 aliphatic rings. The highest BCUT2D eigenvalue weighted by Crippen LogP contribution is 2.20. The summed E-state index contributed by atoms with van der Waals surface area (Å²) < 4.78 is 7.39. The summed E-state index contributed by atoms with van der Waals surface area (Å²) in [5, 5.41) is 15.8. The van der Waals surface area contributed by atoms with Crippen LogP contribution in [0, 0.1) is 0 Å². The van der Waals surface area contributed by atoms with E-state index in [1.165, 1.54) is 0 Å². The van der Waals surface area contributed by atoms with Crippen molar-refractivity contribution in [2.24, 2.45) is 0 Å². The highest BCUT2D eigenvalue weighted by Gasteiger charge is 2.10. The molecule has 0 saturated heterocycles. The van der Waals surface area contributed by atoms with E-state index in [1.807, 2.05) is 72.8 Å². The molecule has 7 nitrogen and oxygen atoms in total. The lowest BCUT2D eigenvalue weighted by atomic mass is 10.0. The topological polar surface area (TPSA) is 81.4 Å². The molecule has 1 amide bonds. The number of nitrogens with one attached hydrogen (secondary N) is 1. The third kappa shape index (κ3) is 4.94. The van der Waals surface area contributed by atoms with Crippen molar-refractivity contribution < 1.29 is 9.53 Å². The van der Waals surface area contributed by atoms with Crippen LogP contribution in [0.3, 0.4) is 0 Å². The van der Waals surface area contributed by atoms with Gasteiger partial charge in [0.1, 0.15) is 6.61 Å². The molecule has 0 spiro atoms. The van der Waals surface area contributed by atoms with E-state index in [0.29, 0.717) is 36.9 Å². The van der Waals surface area contributed by atoms with Crippen molar-refractivity contribution in [2.75, 3.05) is 13.2 Å². The van der Waals surface area contributed by atoms with Gasteiger partial charge >= 0.3 is 0 Å². The van der Waals surface area contributed by atoms with Gasteiger partial charge in [-0.3, -0.25) is 4.79 Å². The van der Waals surface area contributed by atoms with Crippen molar-refractivity contribution in [3.05, 3.63) is 103 Å². The lowest BCUT2D eigenvalue weighted by Gasteiger charge is -2.08. The lowest BCUT2D eigenvalue weighted by Crippen LogP contribution is -2.29. The first kappa shape index (κ1) is 21.3. The zero-order chi connectivity index (χ0) is 23.2. The molecule has 0 fully saturated rings. The molecule has 5 rings (SSSR count). The Labute approximate surface area is 197 Å². The molecular weight excluding hydrogens is 426 g/mol. The van der Waals surface area contributed by atoms with E-state index in [2.05, 4.69) is 32.7 Å². The van der Waals surface area contributed by atoms with Crippen LogP contribution in [0.2, 0.25) is 0 Å². The zero-order valence-electron chi connectivity index (χ0n) is 18.5. The van der Waals surface area contributed by atoms with Crippen LogP contribution in [0.5, 0.6) is 5.88 Å². The molecule has 0 aliphatic heterocycles. The number of benzene rings is 3. The van der Waals surface area contributed by atoms with Gasteiger partial charge < -0.3 is 10.1 Å². The average Bonchev–Trinajstić information content (AvgIpc) is 3.31. The van der Waals surface area contributed by atoms with Gasteiger partial charge in [0.2, 0.25) is 11.8 Å². The minimum Gasteiger partial charge on any atom is -0.475 e. The molecule has 3 aromatic carbocycles. The Morgan fingerprint density at radius 2 is 1.44 bits per heavy atom. The number of hydrogen-bond acceptors (Lipinski definition) is 5. The molecule has 34 heavy (non-hydrogen) atoms. The van der Waals surface area contributed by atoms with Crippen LogP contribution in [0.25, 0.3) is 28.2 Å². The van der Waals surface area contributed by atoms with E-state index in [-0.39, 0.29) is 5.91 Å². The summed E-state index contributed by atoms with van der Waals surface area (Å²) in [6, 6.07) is 31.5. The number of ether oxygens (including phenoxy) is 1. The van der Waals surface area contributed by atoms with Crippen molar-refractivity contribution in [3.8, 4) is 28.4 Å². The van der Waals surface area contributed by atoms with Gasteiger partial charge in [-0.1, -0.05) is 84.9 Å². The normalized spacial score (nSPS) is 10.8. The number of aromatic nitrogens is 4. The second-order valence-electron chi connectivity index (χ2n) is 7.77. The monoisotopic (exact) mass is 449 g/mol. The standard InChI is InChI=1S/C27H23N5O2/c33-25(19-20-11-13-22(14-12-20)21-7-3-1-4-8-21)28-17-18-34-26-16-15-24-29-30-27(32(24)31-26)23-9-5-2-6-10-23/h1-16H,17-19H2,(H,28,33). The number of carbonyl (C=O) groups is 1. The van der Waals surface area contributed by atoms with Gasteiger partial charge in [0, 0.05) is 11.6 Å². The number of rotatable bonds is 8. The van der Waals surface area contributed by atoms with Gasteiger partial charge in [-0.25, -0.2) is 0 Å². The molecule has 7 heteroatoms. The number of amides is 1. The van der Waals surface area contributed by atoms with Crippen LogP contribution in [0.1, 0.15) is 5.56 Å². The third-order valence-electron chi connectivity index (χ3n) is 5.37. The van der Waals surface area contributed by atoms with Crippen molar-refractivity contribution in [3.63, 3.8) is 0 Å². The SMILES string of the molecule is O=C(Cc1ccc(-c2ccccc2)cc1)NCCOc1ccc2nnc(-c3ccccc3)n2n1.